The minimum absolute atomic E-state index is 0.176. The lowest BCUT2D eigenvalue weighted by Gasteiger charge is -2.36. The number of methoxy groups -OCH3 is 3. The summed E-state index contributed by atoms with van der Waals surface area (Å²) in [7, 11) is 4.75. The largest absolute Gasteiger partial charge is 0.493 e. The number of hydrogen-bond acceptors (Lipinski definition) is 6. The van der Waals surface area contributed by atoms with E-state index in [1.165, 1.54) is 0 Å². The molecule has 2 aromatic carbocycles. The van der Waals surface area contributed by atoms with Gasteiger partial charge in [0.2, 0.25) is 5.75 Å². The number of hydrogen-bond donors (Lipinski definition) is 1. The highest BCUT2D eigenvalue weighted by atomic mass is 16.5. The van der Waals surface area contributed by atoms with Gasteiger partial charge in [0.05, 0.1) is 33.0 Å². The molecule has 0 bridgehead atoms. The van der Waals surface area contributed by atoms with Gasteiger partial charge in [-0.1, -0.05) is 6.07 Å². The van der Waals surface area contributed by atoms with Crippen molar-refractivity contribution in [2.45, 2.75) is 0 Å². The van der Waals surface area contributed by atoms with E-state index in [1.54, 1.807) is 50.5 Å². The van der Waals surface area contributed by atoms with E-state index in [-0.39, 0.29) is 6.03 Å². The molecule has 8 nitrogen and oxygen atoms in total. The lowest BCUT2D eigenvalue weighted by Crippen LogP contribution is -2.50. The van der Waals surface area contributed by atoms with E-state index in [4.69, 9.17) is 19.5 Å². The summed E-state index contributed by atoms with van der Waals surface area (Å²) in [4.78, 5) is 16.5. The van der Waals surface area contributed by atoms with Gasteiger partial charge in [0.25, 0.3) is 0 Å². The molecule has 0 saturated carbocycles. The first-order valence-electron chi connectivity index (χ1n) is 9.20. The first-order valence-corrected chi connectivity index (χ1v) is 9.20. The van der Waals surface area contributed by atoms with Crippen LogP contribution in [0.25, 0.3) is 0 Å². The Morgan fingerprint density at radius 2 is 1.66 bits per heavy atom. The number of nitrogens with zero attached hydrogens (tertiary/aromatic N) is 3. The molecule has 0 atom stereocenters. The Balaban J connectivity index is 1.66. The average molecular weight is 396 g/mol. The molecule has 1 aliphatic heterocycles. The Bertz CT molecular complexity index is 892. The van der Waals surface area contributed by atoms with E-state index in [0.29, 0.717) is 54.7 Å². The van der Waals surface area contributed by atoms with Gasteiger partial charge in [-0.25, -0.2) is 4.79 Å². The summed E-state index contributed by atoms with van der Waals surface area (Å²) in [6.45, 7) is 2.48. The molecular formula is C21H24N4O4. The van der Waals surface area contributed by atoms with E-state index in [0.717, 1.165) is 5.69 Å². The molecule has 2 amide bonds. The molecule has 152 valence electrons. The Kier molecular flexibility index (Phi) is 6.29. The smallest absolute Gasteiger partial charge is 0.321 e. The lowest BCUT2D eigenvalue weighted by atomic mass is 10.2. The molecule has 0 aliphatic carbocycles. The maximum Gasteiger partial charge on any atom is 0.321 e. The van der Waals surface area contributed by atoms with Crippen LogP contribution in [0, 0.1) is 11.3 Å². The number of amides is 2. The summed E-state index contributed by atoms with van der Waals surface area (Å²) in [5.41, 5.74) is 2.07. The number of nitrogens with one attached hydrogen (secondary N) is 1. The van der Waals surface area contributed by atoms with E-state index in [1.807, 2.05) is 12.1 Å². The topological polar surface area (TPSA) is 87.1 Å². The summed E-state index contributed by atoms with van der Waals surface area (Å²) >= 11 is 0. The van der Waals surface area contributed by atoms with Gasteiger partial charge < -0.3 is 29.3 Å². The summed E-state index contributed by atoms with van der Waals surface area (Å²) in [5.74, 6) is 1.75. The van der Waals surface area contributed by atoms with Crippen LogP contribution in [-0.2, 0) is 0 Å². The highest BCUT2D eigenvalue weighted by Gasteiger charge is 2.23. The van der Waals surface area contributed by atoms with Crippen LogP contribution in [0.15, 0.2) is 36.4 Å². The van der Waals surface area contributed by atoms with Crippen molar-refractivity contribution in [1.82, 2.24) is 4.90 Å². The maximum absolute atomic E-state index is 12.6. The molecular weight excluding hydrogens is 372 g/mol. The zero-order chi connectivity index (χ0) is 20.8. The third-order valence-electron chi connectivity index (χ3n) is 4.82. The van der Waals surface area contributed by atoms with E-state index < -0.39 is 0 Å². The number of urea groups is 1. The van der Waals surface area contributed by atoms with Gasteiger partial charge in [-0.05, 0) is 18.2 Å². The number of ether oxygens (including phenoxy) is 3. The second-order valence-electron chi connectivity index (χ2n) is 6.48. The first kappa shape index (κ1) is 20.1. The van der Waals surface area contributed by atoms with E-state index in [9.17, 15) is 4.79 Å². The number of carbonyl (C=O) groups is 1. The summed E-state index contributed by atoms with van der Waals surface area (Å²) in [6.07, 6.45) is 0. The molecule has 1 fully saturated rings. The second-order valence-corrected chi connectivity index (χ2v) is 6.48. The molecule has 1 saturated heterocycles. The van der Waals surface area contributed by atoms with Crippen LogP contribution in [0.2, 0.25) is 0 Å². The molecule has 0 spiro atoms. The number of anilines is 2. The number of nitriles is 1. The fourth-order valence-corrected chi connectivity index (χ4v) is 3.29. The molecule has 29 heavy (non-hydrogen) atoms. The van der Waals surface area contributed by atoms with Crippen LogP contribution in [0.1, 0.15) is 5.56 Å². The van der Waals surface area contributed by atoms with Crippen LogP contribution in [0.5, 0.6) is 17.2 Å². The van der Waals surface area contributed by atoms with Crippen molar-refractivity contribution in [3.05, 3.63) is 42.0 Å². The number of carbonyl (C=O) groups excluding carboxylic acids is 1. The van der Waals surface area contributed by atoms with Gasteiger partial charge in [0.15, 0.2) is 11.5 Å². The normalized spacial score (nSPS) is 13.4. The molecule has 1 heterocycles. The highest BCUT2D eigenvalue weighted by molar-refractivity contribution is 5.89. The molecule has 3 rings (SSSR count). The maximum atomic E-state index is 12.6. The SMILES string of the molecule is COc1cc(N2CCN(C(=O)Nc3cccc(C#N)c3)CC2)cc(OC)c1OC. The second kappa shape index (κ2) is 9.06. The van der Waals surface area contributed by atoms with Crippen LogP contribution in [-0.4, -0.2) is 58.4 Å². The molecule has 2 aromatic rings. The zero-order valence-electron chi connectivity index (χ0n) is 16.8. The Hall–Kier alpha value is -3.60. The van der Waals surface area contributed by atoms with Crippen LogP contribution in [0.4, 0.5) is 16.2 Å². The van der Waals surface area contributed by atoms with E-state index in [2.05, 4.69) is 16.3 Å². The minimum Gasteiger partial charge on any atom is -0.493 e. The molecule has 1 aliphatic rings. The molecule has 8 heteroatoms. The highest BCUT2D eigenvalue weighted by Crippen LogP contribution is 2.41. The van der Waals surface area contributed by atoms with Crippen molar-refractivity contribution in [2.75, 3.05) is 57.7 Å². The number of rotatable bonds is 5. The Morgan fingerprint density at radius 3 is 2.21 bits per heavy atom. The van der Waals surface area contributed by atoms with Gasteiger partial charge in [-0.3, -0.25) is 0 Å². The Labute approximate surface area is 170 Å². The van der Waals surface area contributed by atoms with Gasteiger partial charge >= 0.3 is 6.03 Å². The Morgan fingerprint density at radius 1 is 1.00 bits per heavy atom. The van der Waals surface area contributed by atoms with Crippen molar-refractivity contribution in [2.24, 2.45) is 0 Å². The van der Waals surface area contributed by atoms with Crippen LogP contribution >= 0.6 is 0 Å². The van der Waals surface area contributed by atoms with Crippen molar-refractivity contribution in [3.8, 4) is 23.3 Å². The molecule has 0 aromatic heterocycles. The molecule has 0 unspecified atom stereocenters. The summed E-state index contributed by atoms with van der Waals surface area (Å²) < 4.78 is 16.2. The van der Waals surface area contributed by atoms with Gasteiger partial charge in [0.1, 0.15) is 0 Å². The minimum atomic E-state index is -0.176. The van der Waals surface area contributed by atoms with Gasteiger partial charge in [-0.2, -0.15) is 5.26 Å². The monoisotopic (exact) mass is 396 g/mol. The predicted octanol–water partition coefficient (Wildman–Crippen LogP) is 2.94. The van der Waals surface area contributed by atoms with E-state index >= 15 is 0 Å². The lowest BCUT2D eigenvalue weighted by molar-refractivity contribution is 0.208. The standard InChI is InChI=1S/C21H24N4O4/c1-27-18-12-17(13-19(28-2)20(18)29-3)24-7-9-25(10-8-24)21(26)23-16-6-4-5-15(11-16)14-22/h4-6,11-13H,7-10H2,1-3H3,(H,23,26). The third kappa shape index (κ3) is 4.46. The summed E-state index contributed by atoms with van der Waals surface area (Å²) in [6, 6.07) is 12.6. The number of piperazine rings is 1. The number of benzene rings is 2. The van der Waals surface area contributed by atoms with Gasteiger partial charge in [0, 0.05) is 49.7 Å². The van der Waals surface area contributed by atoms with Crippen molar-refractivity contribution < 1.29 is 19.0 Å². The van der Waals surface area contributed by atoms with Gasteiger partial charge in [-0.15, -0.1) is 0 Å². The first-order chi connectivity index (χ1) is 14.1. The fourth-order valence-electron chi connectivity index (χ4n) is 3.29. The van der Waals surface area contributed by atoms with Crippen molar-refractivity contribution in [3.63, 3.8) is 0 Å². The predicted molar refractivity (Wildman–Crippen MR) is 110 cm³/mol. The quantitative estimate of drug-likeness (QED) is 0.836. The average Bonchev–Trinajstić information content (AvgIpc) is 2.78. The van der Waals surface area contributed by atoms with Crippen molar-refractivity contribution in [1.29, 1.82) is 5.26 Å². The summed E-state index contributed by atoms with van der Waals surface area (Å²) in [5, 5.41) is 11.8. The molecule has 1 N–H and O–H groups in total. The van der Waals surface area contributed by atoms with Crippen LogP contribution < -0.4 is 24.4 Å². The third-order valence-corrected chi connectivity index (χ3v) is 4.82. The fraction of sp³-hybridized carbons (Fsp3) is 0.333. The zero-order valence-corrected chi connectivity index (χ0v) is 16.8. The molecule has 0 radical (unpaired) electrons. The van der Waals surface area contributed by atoms with Crippen molar-refractivity contribution >= 4 is 17.4 Å². The van der Waals surface area contributed by atoms with Crippen LogP contribution in [0.3, 0.4) is 0 Å².